The van der Waals surface area contributed by atoms with Gasteiger partial charge >= 0.3 is 0 Å². The number of nitrogen functional groups attached to an aromatic ring is 1. The quantitative estimate of drug-likeness (QED) is 0.695. The molecule has 0 bridgehead atoms. The highest BCUT2D eigenvalue weighted by atomic mass is 16.1. The lowest BCUT2D eigenvalue weighted by molar-refractivity contribution is 0.0789. The largest absolute Gasteiger partial charge is 0.399 e. The van der Waals surface area contributed by atoms with Crippen molar-refractivity contribution in [1.29, 1.82) is 0 Å². The zero-order valence-electron chi connectivity index (χ0n) is 13.0. The lowest BCUT2D eigenvalue weighted by Gasteiger charge is -2.34. The third-order valence-electron chi connectivity index (χ3n) is 4.49. The van der Waals surface area contributed by atoms with E-state index in [0.717, 1.165) is 31.5 Å². The molecule has 3 nitrogen and oxygen atoms in total. The number of ketones is 1. The summed E-state index contributed by atoms with van der Waals surface area (Å²) in [4.78, 5) is 15.1. The molecule has 1 aliphatic heterocycles. The van der Waals surface area contributed by atoms with E-state index in [1.54, 1.807) is 12.1 Å². The fourth-order valence-electron chi connectivity index (χ4n) is 3.23. The van der Waals surface area contributed by atoms with Crippen LogP contribution in [0.5, 0.6) is 0 Å². The molecule has 0 saturated carbocycles. The zero-order chi connectivity index (χ0) is 15.5. The molecule has 1 atom stereocenters. The number of nitrogens with zero attached hydrogens (tertiary/aromatic N) is 1. The van der Waals surface area contributed by atoms with E-state index < -0.39 is 0 Å². The van der Waals surface area contributed by atoms with Crippen LogP contribution in [0.25, 0.3) is 0 Å². The summed E-state index contributed by atoms with van der Waals surface area (Å²) in [7, 11) is 0. The normalized spacial score (nSPS) is 16.0. The van der Waals surface area contributed by atoms with Gasteiger partial charge in [-0.25, -0.2) is 0 Å². The van der Waals surface area contributed by atoms with Crippen molar-refractivity contribution in [3.8, 4) is 0 Å². The van der Waals surface area contributed by atoms with Gasteiger partial charge in [0.15, 0.2) is 5.78 Å². The maximum absolute atomic E-state index is 12.8. The number of carbonyl (C=O) groups is 1. The molecule has 0 fully saturated rings. The first-order valence-electron chi connectivity index (χ1n) is 7.89. The van der Waals surface area contributed by atoms with Gasteiger partial charge in [0, 0.05) is 24.3 Å². The van der Waals surface area contributed by atoms with Crippen molar-refractivity contribution in [2.45, 2.75) is 32.4 Å². The molecule has 1 unspecified atom stereocenters. The molecular formula is C19H22N2O. The van der Waals surface area contributed by atoms with Crippen LogP contribution >= 0.6 is 0 Å². The maximum atomic E-state index is 12.8. The van der Waals surface area contributed by atoms with Crippen molar-refractivity contribution in [3.05, 3.63) is 65.2 Å². The van der Waals surface area contributed by atoms with Gasteiger partial charge in [0.1, 0.15) is 0 Å². The summed E-state index contributed by atoms with van der Waals surface area (Å²) in [6.45, 7) is 3.88. The number of carbonyl (C=O) groups excluding carboxylic acids is 1. The first-order chi connectivity index (χ1) is 10.7. The van der Waals surface area contributed by atoms with Crippen LogP contribution in [0.15, 0.2) is 48.5 Å². The number of Topliss-reactive ketones (excluding diaryl/α,β-unsaturated/α-hetero) is 1. The minimum absolute atomic E-state index is 0.0584. The molecular weight excluding hydrogens is 272 g/mol. The molecule has 1 heterocycles. The SMILES string of the molecule is CCC(C(=O)c1ccc(N)cc1)N1CCc2ccccc2C1. The van der Waals surface area contributed by atoms with E-state index in [2.05, 4.69) is 36.1 Å². The average molecular weight is 294 g/mol. The summed E-state index contributed by atoms with van der Waals surface area (Å²) in [6, 6.07) is 15.7. The van der Waals surface area contributed by atoms with Crippen LogP contribution in [0.3, 0.4) is 0 Å². The van der Waals surface area contributed by atoms with E-state index in [1.807, 2.05) is 12.1 Å². The predicted octanol–water partition coefficient (Wildman–Crippen LogP) is 3.29. The molecule has 3 rings (SSSR count). The number of hydrogen-bond acceptors (Lipinski definition) is 3. The summed E-state index contributed by atoms with van der Waals surface area (Å²) < 4.78 is 0. The number of nitrogens with two attached hydrogens (primary N) is 1. The van der Waals surface area contributed by atoms with Crippen molar-refractivity contribution in [2.24, 2.45) is 0 Å². The average Bonchev–Trinajstić information content (AvgIpc) is 2.56. The summed E-state index contributed by atoms with van der Waals surface area (Å²) in [5.41, 5.74) is 9.91. The topological polar surface area (TPSA) is 46.3 Å². The first-order valence-corrected chi connectivity index (χ1v) is 7.89. The second-order valence-electron chi connectivity index (χ2n) is 5.90. The van der Waals surface area contributed by atoms with Gasteiger partial charge in [-0.2, -0.15) is 0 Å². The van der Waals surface area contributed by atoms with Crippen LogP contribution in [0.2, 0.25) is 0 Å². The van der Waals surface area contributed by atoms with Crippen molar-refractivity contribution >= 4 is 11.5 Å². The van der Waals surface area contributed by atoms with Gasteiger partial charge in [0.2, 0.25) is 0 Å². The minimum Gasteiger partial charge on any atom is -0.399 e. The Kier molecular flexibility index (Phi) is 4.25. The number of hydrogen-bond donors (Lipinski definition) is 1. The molecule has 114 valence electrons. The standard InChI is InChI=1S/C19H22N2O/c1-2-18(19(22)15-7-9-17(20)10-8-15)21-12-11-14-5-3-4-6-16(14)13-21/h3-10,18H,2,11-13,20H2,1H3. The first kappa shape index (κ1) is 14.8. The van der Waals surface area contributed by atoms with Crippen LogP contribution < -0.4 is 5.73 Å². The molecule has 0 amide bonds. The zero-order valence-corrected chi connectivity index (χ0v) is 13.0. The second kappa shape index (κ2) is 6.32. The van der Waals surface area contributed by atoms with Crippen LogP contribution in [-0.2, 0) is 13.0 Å². The number of benzene rings is 2. The van der Waals surface area contributed by atoms with Crippen LogP contribution in [0.4, 0.5) is 5.69 Å². The molecule has 22 heavy (non-hydrogen) atoms. The Morgan fingerprint density at radius 1 is 1.14 bits per heavy atom. The molecule has 2 aromatic rings. The van der Waals surface area contributed by atoms with Gasteiger partial charge in [-0.15, -0.1) is 0 Å². The maximum Gasteiger partial charge on any atom is 0.179 e. The summed E-state index contributed by atoms with van der Waals surface area (Å²) in [5.74, 6) is 0.196. The number of anilines is 1. The van der Waals surface area contributed by atoms with E-state index in [9.17, 15) is 4.79 Å². The Hall–Kier alpha value is -2.13. The number of rotatable bonds is 4. The van der Waals surface area contributed by atoms with Crippen LogP contribution in [-0.4, -0.2) is 23.3 Å². The van der Waals surface area contributed by atoms with Crippen molar-refractivity contribution in [3.63, 3.8) is 0 Å². The summed E-state index contributed by atoms with van der Waals surface area (Å²) in [5, 5.41) is 0. The Morgan fingerprint density at radius 2 is 1.82 bits per heavy atom. The molecule has 2 N–H and O–H groups in total. The molecule has 1 aliphatic rings. The van der Waals surface area contributed by atoms with Crippen molar-refractivity contribution in [1.82, 2.24) is 4.90 Å². The van der Waals surface area contributed by atoms with Gasteiger partial charge in [0.25, 0.3) is 0 Å². The van der Waals surface area contributed by atoms with Crippen molar-refractivity contribution < 1.29 is 4.79 Å². The Labute approximate surface area is 131 Å². The minimum atomic E-state index is -0.0584. The Bertz CT molecular complexity index is 663. The van der Waals surface area contributed by atoms with E-state index in [4.69, 9.17) is 5.73 Å². The van der Waals surface area contributed by atoms with E-state index in [1.165, 1.54) is 11.1 Å². The van der Waals surface area contributed by atoms with E-state index in [-0.39, 0.29) is 11.8 Å². The molecule has 0 radical (unpaired) electrons. The van der Waals surface area contributed by atoms with Gasteiger partial charge in [0.05, 0.1) is 6.04 Å². The molecule has 0 aliphatic carbocycles. The van der Waals surface area contributed by atoms with E-state index >= 15 is 0 Å². The fourth-order valence-corrected chi connectivity index (χ4v) is 3.23. The number of fused-ring (bicyclic) bond motifs is 1. The highest BCUT2D eigenvalue weighted by Crippen LogP contribution is 2.23. The fraction of sp³-hybridized carbons (Fsp3) is 0.316. The smallest absolute Gasteiger partial charge is 0.179 e. The van der Waals surface area contributed by atoms with Crippen LogP contribution in [0, 0.1) is 0 Å². The molecule has 0 aromatic heterocycles. The monoisotopic (exact) mass is 294 g/mol. The summed E-state index contributed by atoms with van der Waals surface area (Å²) in [6.07, 6.45) is 1.84. The summed E-state index contributed by atoms with van der Waals surface area (Å²) >= 11 is 0. The van der Waals surface area contributed by atoms with E-state index in [0.29, 0.717) is 5.69 Å². The third kappa shape index (κ3) is 2.90. The molecule has 0 spiro atoms. The highest BCUT2D eigenvalue weighted by molar-refractivity contribution is 6.00. The van der Waals surface area contributed by atoms with Gasteiger partial charge in [-0.3, -0.25) is 9.69 Å². The predicted molar refractivity (Wildman–Crippen MR) is 89.8 cm³/mol. The Morgan fingerprint density at radius 3 is 2.50 bits per heavy atom. The second-order valence-corrected chi connectivity index (χ2v) is 5.90. The van der Waals surface area contributed by atoms with Gasteiger partial charge in [-0.1, -0.05) is 31.2 Å². The molecule has 3 heteroatoms. The lowest BCUT2D eigenvalue weighted by atomic mass is 9.95. The van der Waals surface area contributed by atoms with Crippen molar-refractivity contribution in [2.75, 3.05) is 12.3 Å². The van der Waals surface area contributed by atoms with Gasteiger partial charge in [-0.05, 0) is 48.2 Å². The molecule has 2 aromatic carbocycles. The Balaban J connectivity index is 1.80. The highest BCUT2D eigenvalue weighted by Gasteiger charge is 2.28. The lowest BCUT2D eigenvalue weighted by Crippen LogP contribution is -2.43. The molecule has 0 saturated heterocycles. The van der Waals surface area contributed by atoms with Crippen LogP contribution in [0.1, 0.15) is 34.8 Å². The third-order valence-corrected chi connectivity index (χ3v) is 4.49. The van der Waals surface area contributed by atoms with Gasteiger partial charge < -0.3 is 5.73 Å².